The fourth-order valence-corrected chi connectivity index (χ4v) is 5.53. The zero-order valence-corrected chi connectivity index (χ0v) is 15.8. The third-order valence-electron chi connectivity index (χ3n) is 3.94. The van der Waals surface area contributed by atoms with Gasteiger partial charge in [0.1, 0.15) is 11.5 Å². The second-order valence-corrected chi connectivity index (χ2v) is 8.44. The molecule has 0 saturated carbocycles. The van der Waals surface area contributed by atoms with Crippen LogP contribution in [0.2, 0.25) is 5.02 Å². The number of nitrogens with one attached hydrogen (secondary N) is 1. The summed E-state index contributed by atoms with van der Waals surface area (Å²) < 4.78 is 33.6. The highest BCUT2D eigenvalue weighted by Crippen LogP contribution is 2.48. The number of nitrogens with two attached hydrogens (primary N) is 1. The first-order valence-electron chi connectivity index (χ1n) is 7.87. The number of H-pyrrole nitrogens is 1. The molecule has 1 atom stereocenters. The lowest BCUT2D eigenvalue weighted by molar-refractivity contribution is 0.0997. The smallest absolute Gasteiger partial charge is 0.266 e. The minimum absolute atomic E-state index is 0.00356. The SMILES string of the molecule is CCOP(=O)(c1cc(F)cc(C#N)c1)c1c(C(N)=O)[nH]c2ccc(Cl)cc12. The molecular formula is C18H14ClFN3O3P. The van der Waals surface area contributed by atoms with Crippen molar-refractivity contribution in [3.8, 4) is 6.07 Å². The van der Waals surface area contributed by atoms with E-state index in [9.17, 15) is 13.8 Å². The molecule has 1 aromatic heterocycles. The molecule has 0 aliphatic heterocycles. The van der Waals surface area contributed by atoms with Crippen molar-refractivity contribution in [1.82, 2.24) is 4.98 Å². The Hall–Kier alpha value is -2.65. The van der Waals surface area contributed by atoms with Crippen LogP contribution in [0.25, 0.3) is 10.9 Å². The van der Waals surface area contributed by atoms with Crippen LogP contribution in [0.5, 0.6) is 0 Å². The van der Waals surface area contributed by atoms with E-state index in [1.807, 2.05) is 6.07 Å². The van der Waals surface area contributed by atoms with Gasteiger partial charge in [-0.15, -0.1) is 0 Å². The van der Waals surface area contributed by atoms with Crippen LogP contribution in [0.1, 0.15) is 23.0 Å². The van der Waals surface area contributed by atoms with E-state index < -0.39 is 19.1 Å². The summed E-state index contributed by atoms with van der Waals surface area (Å²) in [5.41, 5.74) is 5.80. The van der Waals surface area contributed by atoms with Crippen LogP contribution in [-0.2, 0) is 9.09 Å². The molecule has 27 heavy (non-hydrogen) atoms. The number of hydrogen-bond donors (Lipinski definition) is 2. The van der Waals surface area contributed by atoms with Gasteiger partial charge in [-0.25, -0.2) is 4.39 Å². The number of amides is 1. The Bertz CT molecular complexity index is 1150. The normalized spacial score (nSPS) is 13.3. The lowest BCUT2D eigenvalue weighted by Crippen LogP contribution is -2.26. The molecule has 0 spiro atoms. The lowest BCUT2D eigenvalue weighted by atomic mass is 10.2. The van der Waals surface area contributed by atoms with Gasteiger partial charge in [-0.1, -0.05) is 11.6 Å². The van der Waals surface area contributed by atoms with Crippen molar-refractivity contribution >= 4 is 46.4 Å². The molecule has 3 aromatic rings. The summed E-state index contributed by atoms with van der Waals surface area (Å²) in [6.07, 6.45) is 0. The van der Waals surface area contributed by atoms with Gasteiger partial charge in [-0.3, -0.25) is 9.36 Å². The number of rotatable bonds is 5. The fraction of sp³-hybridized carbons (Fsp3) is 0.111. The average molecular weight is 406 g/mol. The molecule has 1 heterocycles. The molecule has 0 aliphatic rings. The van der Waals surface area contributed by atoms with E-state index >= 15 is 0 Å². The van der Waals surface area contributed by atoms with E-state index in [0.717, 1.165) is 12.1 Å². The van der Waals surface area contributed by atoms with Gasteiger partial charge in [-0.05, 0) is 43.3 Å². The second-order valence-electron chi connectivity index (χ2n) is 5.68. The third-order valence-corrected chi connectivity index (χ3v) is 6.78. The lowest BCUT2D eigenvalue weighted by Gasteiger charge is -2.19. The van der Waals surface area contributed by atoms with Crippen molar-refractivity contribution in [2.24, 2.45) is 5.73 Å². The molecule has 0 aliphatic carbocycles. The maximum Gasteiger partial charge on any atom is 0.266 e. The maximum atomic E-state index is 14.0. The summed E-state index contributed by atoms with van der Waals surface area (Å²) in [4.78, 5) is 14.8. The summed E-state index contributed by atoms with van der Waals surface area (Å²) in [5, 5.41) is 9.79. The standard InChI is InChI=1S/C18H14ClFN3O3P/c1-2-26-27(25,13-6-10(9-21)5-12(20)8-13)17-14-7-11(19)3-4-15(14)23-16(17)18(22)24/h3-8,23H,2H2,1H3,(H2,22,24). The van der Waals surface area contributed by atoms with Crippen LogP contribution in [-0.4, -0.2) is 17.5 Å². The number of primary amides is 1. The molecule has 1 unspecified atom stereocenters. The van der Waals surface area contributed by atoms with Crippen molar-refractivity contribution < 1.29 is 18.3 Å². The van der Waals surface area contributed by atoms with Crippen molar-refractivity contribution in [1.29, 1.82) is 5.26 Å². The van der Waals surface area contributed by atoms with Gasteiger partial charge >= 0.3 is 0 Å². The molecule has 138 valence electrons. The van der Waals surface area contributed by atoms with Gasteiger partial charge in [0.15, 0.2) is 0 Å². The fourth-order valence-electron chi connectivity index (χ4n) is 2.89. The molecule has 6 nitrogen and oxygen atoms in total. The van der Waals surface area contributed by atoms with Crippen LogP contribution in [0, 0.1) is 17.1 Å². The number of benzene rings is 2. The number of nitrogens with zero attached hydrogens (tertiary/aromatic N) is 1. The maximum absolute atomic E-state index is 14.0. The highest BCUT2D eigenvalue weighted by Gasteiger charge is 2.36. The zero-order valence-electron chi connectivity index (χ0n) is 14.1. The van der Waals surface area contributed by atoms with Crippen molar-refractivity contribution in [2.75, 3.05) is 6.61 Å². The van der Waals surface area contributed by atoms with Crippen LogP contribution < -0.4 is 16.3 Å². The number of hydrogen-bond acceptors (Lipinski definition) is 4. The molecule has 0 bridgehead atoms. The van der Waals surface area contributed by atoms with E-state index in [-0.39, 0.29) is 28.5 Å². The summed E-state index contributed by atoms with van der Waals surface area (Å²) >= 11 is 6.06. The van der Waals surface area contributed by atoms with Crippen molar-refractivity contribution in [3.05, 3.63) is 58.5 Å². The molecule has 1 amide bonds. The number of aromatic amines is 1. The van der Waals surface area contributed by atoms with Gasteiger partial charge in [0.2, 0.25) is 0 Å². The molecule has 0 fully saturated rings. The van der Waals surface area contributed by atoms with Gasteiger partial charge < -0.3 is 15.2 Å². The number of nitriles is 1. The Labute approximate surface area is 159 Å². The first-order valence-corrected chi connectivity index (χ1v) is 9.88. The molecule has 2 aromatic carbocycles. The number of fused-ring (bicyclic) bond motifs is 1. The van der Waals surface area contributed by atoms with Crippen LogP contribution in [0.15, 0.2) is 36.4 Å². The number of carbonyl (C=O) groups is 1. The van der Waals surface area contributed by atoms with Crippen LogP contribution in [0.3, 0.4) is 0 Å². The van der Waals surface area contributed by atoms with E-state index in [4.69, 9.17) is 27.1 Å². The number of carbonyl (C=O) groups excluding carboxylic acids is 1. The van der Waals surface area contributed by atoms with Crippen LogP contribution >= 0.6 is 19.0 Å². The predicted molar refractivity (Wildman–Crippen MR) is 101 cm³/mol. The third kappa shape index (κ3) is 3.35. The van der Waals surface area contributed by atoms with Gasteiger partial charge in [0.25, 0.3) is 13.3 Å². The summed E-state index contributed by atoms with van der Waals surface area (Å²) in [6, 6.07) is 9.84. The number of aromatic nitrogens is 1. The van der Waals surface area contributed by atoms with Gasteiger partial charge in [0.05, 0.1) is 23.5 Å². The average Bonchev–Trinajstić information content (AvgIpc) is 3.00. The van der Waals surface area contributed by atoms with E-state index in [0.29, 0.717) is 15.9 Å². The zero-order chi connectivity index (χ0) is 19.8. The molecule has 0 radical (unpaired) electrons. The highest BCUT2D eigenvalue weighted by molar-refractivity contribution is 7.75. The summed E-state index contributed by atoms with van der Waals surface area (Å²) in [7, 11) is -3.98. The Balaban J connectivity index is 2.43. The highest BCUT2D eigenvalue weighted by atomic mass is 35.5. The second kappa shape index (κ2) is 7.16. The molecule has 3 N–H and O–H groups in total. The van der Waals surface area contributed by atoms with Crippen LogP contribution in [0.4, 0.5) is 4.39 Å². The monoisotopic (exact) mass is 405 g/mol. The Morgan fingerprint density at radius 2 is 2.11 bits per heavy atom. The Morgan fingerprint density at radius 3 is 2.74 bits per heavy atom. The molecular weight excluding hydrogens is 392 g/mol. The van der Waals surface area contributed by atoms with Crippen molar-refractivity contribution in [3.63, 3.8) is 0 Å². The Morgan fingerprint density at radius 1 is 1.37 bits per heavy atom. The summed E-state index contributed by atoms with van der Waals surface area (Å²) in [5.74, 6) is -1.60. The first kappa shape index (κ1) is 19.1. The molecule has 9 heteroatoms. The first-order chi connectivity index (χ1) is 12.8. The molecule has 0 saturated heterocycles. The minimum Gasteiger partial charge on any atom is -0.364 e. The summed E-state index contributed by atoms with van der Waals surface area (Å²) in [6.45, 7) is 1.63. The van der Waals surface area contributed by atoms with E-state index in [1.54, 1.807) is 19.1 Å². The van der Waals surface area contributed by atoms with Crippen molar-refractivity contribution in [2.45, 2.75) is 6.92 Å². The predicted octanol–water partition coefficient (Wildman–Crippen LogP) is 3.20. The van der Waals surface area contributed by atoms with E-state index in [2.05, 4.69) is 4.98 Å². The number of halogens is 2. The topological polar surface area (TPSA) is 109 Å². The molecule has 3 rings (SSSR count). The largest absolute Gasteiger partial charge is 0.364 e. The minimum atomic E-state index is -3.98. The quantitative estimate of drug-likeness (QED) is 0.635. The van der Waals surface area contributed by atoms with Gasteiger partial charge in [0, 0.05) is 21.2 Å². The van der Waals surface area contributed by atoms with Gasteiger partial charge in [-0.2, -0.15) is 5.26 Å². The Kier molecular flexibility index (Phi) is 5.07. The van der Waals surface area contributed by atoms with E-state index in [1.165, 1.54) is 12.1 Å².